The van der Waals surface area contributed by atoms with Gasteiger partial charge in [-0.2, -0.15) is 5.10 Å². The Bertz CT molecular complexity index is 1400. The number of fused-ring (bicyclic) bond motifs is 3. The van der Waals surface area contributed by atoms with Crippen molar-refractivity contribution in [3.05, 3.63) is 70.3 Å². The monoisotopic (exact) mass is 432 g/mol. The highest BCUT2D eigenvalue weighted by molar-refractivity contribution is 5.94. The molecule has 0 unspecified atom stereocenters. The van der Waals surface area contributed by atoms with E-state index in [2.05, 4.69) is 5.10 Å². The van der Waals surface area contributed by atoms with E-state index >= 15 is 0 Å². The molecule has 1 atom stereocenters. The first kappa shape index (κ1) is 19.9. The van der Waals surface area contributed by atoms with Gasteiger partial charge < -0.3 is 18.6 Å². The third-order valence-electron chi connectivity index (χ3n) is 5.70. The third-order valence-corrected chi connectivity index (χ3v) is 5.70. The number of ether oxygens (including phenoxy) is 3. The smallest absolute Gasteiger partial charge is 0.312 e. The van der Waals surface area contributed by atoms with Crippen molar-refractivity contribution in [3.63, 3.8) is 0 Å². The quantitative estimate of drug-likeness (QED) is 0.359. The van der Waals surface area contributed by atoms with Crippen LogP contribution in [-0.4, -0.2) is 30.0 Å². The minimum Gasteiger partial charge on any atom is -0.497 e. The zero-order valence-corrected chi connectivity index (χ0v) is 17.7. The lowest BCUT2D eigenvalue weighted by Gasteiger charge is -2.25. The number of carbonyl (C=O) groups is 1. The Kier molecular flexibility index (Phi) is 4.70. The van der Waals surface area contributed by atoms with Gasteiger partial charge in [-0.15, -0.1) is 0 Å². The van der Waals surface area contributed by atoms with E-state index in [4.69, 9.17) is 18.6 Å². The highest BCUT2D eigenvalue weighted by Crippen LogP contribution is 2.45. The van der Waals surface area contributed by atoms with Crippen molar-refractivity contribution in [2.75, 3.05) is 14.2 Å². The van der Waals surface area contributed by atoms with E-state index in [0.717, 1.165) is 5.56 Å². The minimum atomic E-state index is -0.370. The van der Waals surface area contributed by atoms with E-state index in [0.29, 0.717) is 39.2 Å². The number of benzene rings is 2. The summed E-state index contributed by atoms with van der Waals surface area (Å²) in [4.78, 5) is 25.9. The van der Waals surface area contributed by atoms with Crippen LogP contribution >= 0.6 is 0 Å². The lowest BCUT2D eigenvalue weighted by Crippen LogP contribution is -2.22. The summed E-state index contributed by atoms with van der Waals surface area (Å²) < 4.78 is 23.9. The van der Waals surface area contributed by atoms with Crippen LogP contribution in [0.15, 0.2) is 58.2 Å². The fraction of sp³-hybridized carbons (Fsp3) is 0.208. The Morgan fingerprint density at radius 1 is 1.12 bits per heavy atom. The lowest BCUT2D eigenvalue weighted by atomic mass is 9.86. The molecule has 1 aliphatic rings. The highest BCUT2D eigenvalue weighted by Gasteiger charge is 2.34. The first-order valence-electron chi connectivity index (χ1n) is 10.00. The maximum atomic E-state index is 13.6. The van der Waals surface area contributed by atoms with Crippen molar-refractivity contribution >= 4 is 16.9 Å². The molecule has 162 valence electrons. The summed E-state index contributed by atoms with van der Waals surface area (Å²) in [6.45, 7) is 0. The van der Waals surface area contributed by atoms with Crippen LogP contribution in [0.25, 0.3) is 22.1 Å². The average Bonchev–Trinajstić information content (AvgIpc) is 3.24. The van der Waals surface area contributed by atoms with Crippen LogP contribution < -0.4 is 19.6 Å². The number of esters is 1. The van der Waals surface area contributed by atoms with Crippen LogP contribution in [0.5, 0.6) is 17.2 Å². The number of aromatic nitrogens is 2. The van der Waals surface area contributed by atoms with Gasteiger partial charge in [0, 0.05) is 30.8 Å². The van der Waals surface area contributed by atoms with Crippen LogP contribution in [0.4, 0.5) is 0 Å². The molecule has 8 heteroatoms. The van der Waals surface area contributed by atoms with Gasteiger partial charge in [-0.1, -0.05) is 12.1 Å². The van der Waals surface area contributed by atoms with Crippen molar-refractivity contribution < 1.29 is 23.4 Å². The van der Waals surface area contributed by atoms with Crippen LogP contribution in [0.2, 0.25) is 0 Å². The molecule has 32 heavy (non-hydrogen) atoms. The number of nitrogens with zero attached hydrogens (tertiary/aromatic N) is 2. The summed E-state index contributed by atoms with van der Waals surface area (Å²) >= 11 is 0. The Hall–Kier alpha value is -4.07. The van der Waals surface area contributed by atoms with E-state index in [-0.39, 0.29) is 29.5 Å². The predicted molar refractivity (Wildman–Crippen MR) is 116 cm³/mol. The first-order chi connectivity index (χ1) is 15.5. The molecule has 3 heterocycles. The van der Waals surface area contributed by atoms with Crippen LogP contribution in [0.3, 0.4) is 0 Å². The molecule has 8 nitrogen and oxygen atoms in total. The third kappa shape index (κ3) is 3.11. The maximum absolute atomic E-state index is 13.6. The van der Waals surface area contributed by atoms with Gasteiger partial charge in [-0.3, -0.25) is 14.3 Å². The highest BCUT2D eigenvalue weighted by atomic mass is 16.5. The zero-order valence-electron chi connectivity index (χ0n) is 17.7. The second-order valence-electron chi connectivity index (χ2n) is 7.58. The Morgan fingerprint density at radius 2 is 1.91 bits per heavy atom. The summed E-state index contributed by atoms with van der Waals surface area (Å²) in [5.74, 6) is 0.558. The van der Waals surface area contributed by atoms with Gasteiger partial charge in [0.05, 0.1) is 32.4 Å². The average molecular weight is 432 g/mol. The zero-order chi connectivity index (χ0) is 22.4. The van der Waals surface area contributed by atoms with E-state index in [1.807, 2.05) is 6.20 Å². The molecule has 1 aliphatic heterocycles. The fourth-order valence-corrected chi connectivity index (χ4v) is 4.15. The predicted octanol–water partition coefficient (Wildman–Crippen LogP) is 3.65. The van der Waals surface area contributed by atoms with E-state index < -0.39 is 0 Å². The second kappa shape index (κ2) is 7.56. The van der Waals surface area contributed by atoms with E-state index in [1.54, 1.807) is 55.4 Å². The Morgan fingerprint density at radius 3 is 2.56 bits per heavy atom. The summed E-state index contributed by atoms with van der Waals surface area (Å²) in [6.07, 6.45) is 5.09. The van der Waals surface area contributed by atoms with Crippen molar-refractivity contribution in [3.8, 4) is 28.4 Å². The van der Waals surface area contributed by atoms with Gasteiger partial charge in [0.15, 0.2) is 0 Å². The molecule has 0 radical (unpaired) electrons. The Balaban J connectivity index is 1.77. The molecule has 0 aliphatic carbocycles. The summed E-state index contributed by atoms with van der Waals surface area (Å²) in [7, 11) is 4.85. The molecule has 5 rings (SSSR count). The van der Waals surface area contributed by atoms with E-state index in [1.165, 1.54) is 13.4 Å². The number of rotatable bonds is 4. The van der Waals surface area contributed by atoms with Crippen molar-refractivity contribution in [2.24, 2.45) is 7.05 Å². The minimum absolute atomic E-state index is 0.115. The van der Waals surface area contributed by atoms with Gasteiger partial charge in [-0.05, 0) is 23.3 Å². The lowest BCUT2D eigenvalue weighted by molar-refractivity contribution is -0.135. The van der Waals surface area contributed by atoms with Crippen LogP contribution in [0.1, 0.15) is 23.5 Å². The van der Waals surface area contributed by atoms with Gasteiger partial charge >= 0.3 is 5.97 Å². The molecule has 0 amide bonds. The summed E-state index contributed by atoms with van der Waals surface area (Å²) in [5.41, 5.74) is 2.65. The van der Waals surface area contributed by atoms with Crippen LogP contribution in [0, 0.1) is 0 Å². The molecule has 0 N–H and O–H groups in total. The normalized spacial score (nSPS) is 15.3. The molecule has 0 saturated carbocycles. The molecular formula is C24H20N2O6. The number of methoxy groups -OCH3 is 2. The number of carbonyl (C=O) groups excluding carboxylic acids is 1. The molecule has 0 bridgehead atoms. The van der Waals surface area contributed by atoms with Crippen molar-refractivity contribution in [1.29, 1.82) is 0 Å². The molecule has 0 fully saturated rings. The van der Waals surface area contributed by atoms with Gasteiger partial charge in [0.2, 0.25) is 5.43 Å². The van der Waals surface area contributed by atoms with Crippen LogP contribution in [-0.2, 0) is 11.8 Å². The second-order valence-corrected chi connectivity index (χ2v) is 7.58. The molecule has 2 aromatic heterocycles. The number of hydrogen-bond donors (Lipinski definition) is 0. The molecular weight excluding hydrogens is 412 g/mol. The van der Waals surface area contributed by atoms with Gasteiger partial charge in [-0.25, -0.2) is 0 Å². The standard InChI is InChI=1S/C24H20N2O6/c1-26-11-14(10-25-26)16-8-20(27)32-19-9-18(30-3)22-23(28)17(12-31-24(22)21(16)19)13-4-6-15(29-2)7-5-13/h4-7,9-12,16H,8H2,1-3H3/t16-/m0/s1. The topological polar surface area (TPSA) is 92.8 Å². The van der Waals surface area contributed by atoms with Crippen molar-refractivity contribution in [1.82, 2.24) is 9.78 Å². The van der Waals surface area contributed by atoms with E-state index in [9.17, 15) is 9.59 Å². The maximum Gasteiger partial charge on any atom is 0.312 e. The molecule has 4 aromatic rings. The first-order valence-corrected chi connectivity index (χ1v) is 10.00. The largest absolute Gasteiger partial charge is 0.497 e. The number of aryl methyl sites for hydroxylation is 1. The molecule has 2 aromatic carbocycles. The summed E-state index contributed by atoms with van der Waals surface area (Å²) in [6, 6.07) is 8.72. The van der Waals surface area contributed by atoms with Gasteiger partial charge in [0.25, 0.3) is 0 Å². The molecule has 0 saturated heterocycles. The van der Waals surface area contributed by atoms with Gasteiger partial charge in [0.1, 0.15) is 34.5 Å². The SMILES string of the molecule is COc1ccc(-c2coc3c4c(cc(OC)c3c2=O)OC(=O)C[C@H]4c2cnn(C)c2)cc1. The fourth-order valence-electron chi connectivity index (χ4n) is 4.15. The Labute approximate surface area is 182 Å². The number of hydrogen-bond acceptors (Lipinski definition) is 7. The summed E-state index contributed by atoms with van der Waals surface area (Å²) in [5, 5.41) is 4.52. The molecule has 0 spiro atoms. The van der Waals surface area contributed by atoms with Crippen molar-refractivity contribution in [2.45, 2.75) is 12.3 Å².